The van der Waals surface area contributed by atoms with E-state index in [0.29, 0.717) is 13.0 Å². The summed E-state index contributed by atoms with van der Waals surface area (Å²) in [6, 6.07) is 0. The Morgan fingerprint density at radius 2 is 2.23 bits per heavy atom. The van der Waals surface area contributed by atoms with Crippen LogP contribution in [0.5, 0.6) is 0 Å². The number of fused-ring (bicyclic) bond motifs is 7. The molecule has 5 aliphatic rings. The Bertz CT molecular complexity index is 893. The number of carbonyl (C=O) groups is 2. The molecule has 0 aromatic rings. The topological polar surface area (TPSA) is 84.9 Å². The zero-order valence-corrected chi connectivity index (χ0v) is 18.9. The number of nitrogens with one attached hydrogen (secondary N) is 1. The maximum absolute atomic E-state index is 13.4. The normalized spacial score (nSPS) is 52.5. The summed E-state index contributed by atoms with van der Waals surface area (Å²) in [7, 11) is -0.496. The van der Waals surface area contributed by atoms with Gasteiger partial charge in [0.25, 0.3) is 0 Å². The molecule has 30 heavy (non-hydrogen) atoms. The summed E-state index contributed by atoms with van der Waals surface area (Å²) in [4.78, 5) is 31.6. The number of hydrogen-bond acceptors (Lipinski definition) is 6. The lowest BCUT2D eigenvalue weighted by Crippen LogP contribution is -2.66. The molecule has 1 heterocycles. The molecule has 164 valence electrons. The first-order chi connectivity index (χ1) is 14.6. The molecule has 6 nitrogen and oxygen atoms in total. The van der Waals surface area contributed by atoms with Crippen LogP contribution < -0.4 is 5.48 Å². The fourth-order valence-corrected chi connectivity index (χ4v) is 8.38. The molecule has 3 saturated carbocycles. The van der Waals surface area contributed by atoms with Crippen LogP contribution in [0.15, 0.2) is 23.8 Å². The lowest BCUT2D eigenvalue weighted by Gasteiger charge is -2.65. The monoisotopic (exact) mass is 435 g/mol. The van der Waals surface area contributed by atoms with Crippen molar-refractivity contribution in [2.75, 3.05) is 13.2 Å². The van der Waals surface area contributed by atoms with E-state index in [1.54, 1.807) is 12.2 Å². The summed E-state index contributed by atoms with van der Waals surface area (Å²) in [6.07, 6.45) is 7.84. The first-order valence-corrected chi connectivity index (χ1v) is 11.4. The number of hydrogen-bond donors (Lipinski definition) is 2. The van der Waals surface area contributed by atoms with Crippen molar-refractivity contribution in [3.63, 3.8) is 0 Å². The Labute approximate surface area is 181 Å². The van der Waals surface area contributed by atoms with Crippen LogP contribution in [0.25, 0.3) is 0 Å². The number of ketones is 2. The number of carbonyl (C=O) groups excluding carboxylic acids is 2. The van der Waals surface area contributed by atoms with Crippen LogP contribution in [0.1, 0.15) is 46.5 Å². The van der Waals surface area contributed by atoms with Crippen molar-refractivity contribution in [3.8, 4) is 0 Å². The molecule has 1 aliphatic heterocycles. The van der Waals surface area contributed by atoms with E-state index in [1.807, 2.05) is 6.08 Å². The highest BCUT2D eigenvalue weighted by atomic mass is 31.0. The van der Waals surface area contributed by atoms with Crippen molar-refractivity contribution in [2.45, 2.75) is 58.2 Å². The Kier molecular flexibility index (Phi) is 4.31. The average molecular weight is 435 g/mol. The highest BCUT2D eigenvalue weighted by Gasteiger charge is 2.76. The highest BCUT2D eigenvalue weighted by Crippen LogP contribution is 2.73. The molecular weight excluding hydrogens is 401 g/mol. The van der Waals surface area contributed by atoms with E-state index < -0.39 is 31.9 Å². The van der Waals surface area contributed by atoms with Gasteiger partial charge in [0.1, 0.15) is 6.61 Å². The number of Topliss-reactive ketones (excluding diaryl/α,β-unsaturated/α-hetero) is 1. The molecule has 0 amide bonds. The molecule has 4 aliphatic carbocycles. The van der Waals surface area contributed by atoms with E-state index in [0.717, 1.165) is 24.8 Å². The minimum absolute atomic E-state index is 0.0236. The molecule has 0 aromatic heterocycles. The minimum atomic E-state index is -1.03. The number of hydroxylamine groups is 1. The van der Waals surface area contributed by atoms with E-state index in [9.17, 15) is 14.7 Å². The molecule has 1 saturated heterocycles. The summed E-state index contributed by atoms with van der Waals surface area (Å²) in [5.74, 6) is 0.363. The summed E-state index contributed by atoms with van der Waals surface area (Å²) in [6.45, 7) is 6.94. The summed E-state index contributed by atoms with van der Waals surface area (Å²) < 4.78 is 12.5. The molecule has 2 N–H and O–H groups in total. The van der Waals surface area contributed by atoms with Crippen LogP contribution in [-0.4, -0.2) is 42.8 Å². The average Bonchev–Trinajstić information content (AvgIpc) is 3.25. The molecule has 0 bridgehead atoms. The Morgan fingerprint density at radius 1 is 1.43 bits per heavy atom. The third kappa shape index (κ3) is 2.22. The minimum Gasteiger partial charge on any atom is -0.392 e. The van der Waals surface area contributed by atoms with Crippen molar-refractivity contribution in [1.82, 2.24) is 5.48 Å². The number of rotatable bonds is 4. The van der Waals surface area contributed by atoms with Gasteiger partial charge in [-0.3, -0.25) is 14.4 Å². The molecule has 9 atom stereocenters. The van der Waals surface area contributed by atoms with Gasteiger partial charge in [-0.25, -0.2) is 5.48 Å². The number of aliphatic hydroxyl groups is 1. The predicted molar refractivity (Wildman–Crippen MR) is 114 cm³/mol. The summed E-state index contributed by atoms with van der Waals surface area (Å²) >= 11 is 0. The van der Waals surface area contributed by atoms with Crippen LogP contribution in [0.2, 0.25) is 0 Å². The van der Waals surface area contributed by atoms with Crippen LogP contribution in [0, 0.1) is 34.0 Å². The van der Waals surface area contributed by atoms with E-state index in [1.165, 1.54) is 0 Å². The molecule has 5 rings (SSSR count). The van der Waals surface area contributed by atoms with Gasteiger partial charge in [0, 0.05) is 38.1 Å². The van der Waals surface area contributed by atoms with Crippen LogP contribution >= 0.6 is 9.41 Å². The van der Waals surface area contributed by atoms with Gasteiger partial charge in [-0.15, -0.1) is 0 Å². The lowest BCUT2D eigenvalue weighted by molar-refractivity contribution is -0.220. The van der Waals surface area contributed by atoms with Crippen molar-refractivity contribution >= 4 is 21.0 Å². The van der Waals surface area contributed by atoms with Crippen molar-refractivity contribution in [2.24, 2.45) is 34.0 Å². The smallest absolute Gasteiger partial charge is 0.193 e. The van der Waals surface area contributed by atoms with Crippen molar-refractivity contribution < 1.29 is 24.1 Å². The fourth-order valence-electron chi connectivity index (χ4n) is 8.25. The zero-order valence-electron chi connectivity index (χ0n) is 18.9. The third-order valence-corrected chi connectivity index (χ3v) is 10.1. The Balaban J connectivity index is 1.58. The third-order valence-electron chi connectivity index (χ3n) is 9.93. The van der Waals surface area contributed by atoms with Crippen LogP contribution in [0.3, 0.4) is 0 Å². The molecule has 0 spiro atoms. The maximum atomic E-state index is 13.4. The fraction of sp³-hybridized carbons (Fsp3) is 0.739. The molecule has 4 fully saturated rings. The Hall–Kier alpha value is -0.910. The zero-order chi connectivity index (χ0) is 22.2. The van der Waals surface area contributed by atoms with Gasteiger partial charge in [0.2, 0.25) is 0 Å². The van der Waals surface area contributed by atoms with Gasteiger partial charge in [-0.05, 0) is 49.7 Å². The predicted octanol–water partition coefficient (Wildman–Crippen LogP) is 2.53. The second-order valence-corrected chi connectivity index (χ2v) is 10.9. The van der Waals surface area contributed by atoms with Gasteiger partial charge >= 0.3 is 0 Å². The molecular formula is C23H32NO5P. The van der Waals surface area contributed by atoms with Gasteiger partial charge in [-0.1, -0.05) is 32.4 Å². The maximum Gasteiger partial charge on any atom is 0.193 e. The van der Waals surface area contributed by atoms with Crippen molar-refractivity contribution in [1.29, 1.82) is 1.28 Å². The van der Waals surface area contributed by atoms with Gasteiger partial charge in [0.05, 0.1) is 7.38 Å². The molecule has 0 radical (unpaired) electrons. The van der Waals surface area contributed by atoms with E-state index in [2.05, 4.69) is 26.3 Å². The number of allylic oxidation sites excluding steroid dienone is 4. The second-order valence-electron chi connectivity index (χ2n) is 10.6. The van der Waals surface area contributed by atoms with Crippen LogP contribution in [0.4, 0.5) is 0 Å². The quantitative estimate of drug-likeness (QED) is 0.661. The van der Waals surface area contributed by atoms with Gasteiger partial charge < -0.3 is 9.63 Å². The van der Waals surface area contributed by atoms with Gasteiger partial charge in [-0.2, -0.15) is 0 Å². The van der Waals surface area contributed by atoms with Gasteiger partial charge in [0.15, 0.2) is 17.2 Å². The van der Waals surface area contributed by atoms with E-state index >= 15 is 0 Å². The SMILES string of the molecule is [3H]POCC(=O)[C@@]12ONC[C@@H]1C[C@H]1C3CCC4=CC(=O)C=C[C@]4(C)[C@@]3(C)[C@@H](O)C[C@@]12C. The second kappa shape index (κ2) is 6.55. The number of aliphatic hydroxyl groups excluding tert-OH is 1. The molecule has 7 heteroatoms. The van der Waals surface area contributed by atoms with Crippen molar-refractivity contribution in [3.05, 3.63) is 23.8 Å². The van der Waals surface area contributed by atoms with E-state index in [4.69, 9.17) is 10.6 Å². The first kappa shape index (κ1) is 19.8. The molecule has 0 aromatic carbocycles. The lowest BCUT2D eigenvalue weighted by atomic mass is 9.39. The first-order valence-electron chi connectivity index (χ1n) is 11.5. The van der Waals surface area contributed by atoms with E-state index in [-0.39, 0.29) is 41.3 Å². The summed E-state index contributed by atoms with van der Waals surface area (Å²) in [5.41, 5.74) is 1.73. The largest absolute Gasteiger partial charge is 0.392 e. The Morgan fingerprint density at radius 3 is 3.00 bits per heavy atom. The highest BCUT2D eigenvalue weighted by molar-refractivity contribution is 7.09. The van der Waals surface area contributed by atoms with Crippen LogP contribution in [-0.2, 0) is 19.0 Å². The standard InChI is InChI=1S/C23H32NO5P/c1-20-7-6-15(25)8-13(20)4-5-16-17-9-14-11-24-29-23(14,19(27)12-28-30)21(17,2)10-18(26)22(16,20)3/h6-8,14,16-18,24,26H,4-5,9-12,30H2,1-3H3/t14-,16?,17-,18-,20-,21-,22+,23-/m0/s1/i30T/t14-,16?,17-,18-,20-,21-,22+,23-,30?. The molecule has 2 unspecified atom stereocenters. The summed E-state index contributed by atoms with van der Waals surface area (Å²) in [5, 5.41) is 11.7.